The fourth-order valence-corrected chi connectivity index (χ4v) is 3.67. The standard InChI is InChI=1S/C12H9BrClFN2O2S/c13-10-5-7(15)6-11(14)12(10)17-20(18,19)9-3-1-8(16)2-4-9/h1-6,17H,16H2. The summed E-state index contributed by atoms with van der Waals surface area (Å²) >= 11 is 8.90. The maximum absolute atomic E-state index is 13.1. The summed E-state index contributed by atoms with van der Waals surface area (Å²) in [4.78, 5) is 0.0268. The van der Waals surface area contributed by atoms with E-state index in [1.165, 1.54) is 24.3 Å². The number of hydrogen-bond acceptors (Lipinski definition) is 3. The van der Waals surface area contributed by atoms with E-state index in [1.54, 1.807) is 0 Å². The monoisotopic (exact) mass is 378 g/mol. The van der Waals surface area contributed by atoms with Crippen molar-refractivity contribution in [2.24, 2.45) is 0 Å². The first-order valence-electron chi connectivity index (χ1n) is 5.32. The molecule has 106 valence electrons. The Bertz CT molecular complexity index is 728. The molecular formula is C12H9BrClFN2O2S. The predicted octanol–water partition coefficient (Wildman–Crippen LogP) is 3.62. The van der Waals surface area contributed by atoms with E-state index < -0.39 is 15.8 Å². The van der Waals surface area contributed by atoms with Crippen molar-refractivity contribution in [3.63, 3.8) is 0 Å². The number of nitrogens with two attached hydrogens (primary N) is 1. The molecule has 2 aromatic rings. The number of hydrogen-bond donors (Lipinski definition) is 2. The molecule has 2 aromatic carbocycles. The van der Waals surface area contributed by atoms with Crippen LogP contribution in [0.15, 0.2) is 45.8 Å². The smallest absolute Gasteiger partial charge is 0.261 e. The largest absolute Gasteiger partial charge is 0.399 e. The van der Waals surface area contributed by atoms with Gasteiger partial charge in [-0.25, -0.2) is 12.8 Å². The van der Waals surface area contributed by atoms with E-state index in [0.29, 0.717) is 5.69 Å². The Morgan fingerprint density at radius 3 is 2.35 bits per heavy atom. The molecule has 0 spiro atoms. The molecule has 2 rings (SSSR count). The SMILES string of the molecule is Nc1ccc(S(=O)(=O)Nc2c(Cl)cc(F)cc2Br)cc1. The van der Waals surface area contributed by atoms with E-state index >= 15 is 0 Å². The lowest BCUT2D eigenvalue weighted by molar-refractivity contribution is 0.601. The van der Waals surface area contributed by atoms with E-state index in [2.05, 4.69) is 20.7 Å². The summed E-state index contributed by atoms with van der Waals surface area (Å²) in [6, 6.07) is 7.80. The molecule has 0 unspecified atom stereocenters. The van der Waals surface area contributed by atoms with Crippen molar-refractivity contribution in [3.05, 3.63) is 51.7 Å². The zero-order chi connectivity index (χ0) is 14.9. The Balaban J connectivity index is 2.41. The van der Waals surface area contributed by atoms with Crippen LogP contribution in [0.5, 0.6) is 0 Å². The second kappa shape index (κ2) is 5.59. The zero-order valence-corrected chi connectivity index (χ0v) is 13.1. The average molecular weight is 380 g/mol. The van der Waals surface area contributed by atoms with Gasteiger partial charge in [-0.3, -0.25) is 4.72 Å². The second-order valence-corrected chi connectivity index (χ2v) is 6.86. The third-order valence-electron chi connectivity index (χ3n) is 2.43. The van der Waals surface area contributed by atoms with Gasteiger partial charge < -0.3 is 5.73 Å². The van der Waals surface area contributed by atoms with Gasteiger partial charge in [-0.2, -0.15) is 0 Å². The van der Waals surface area contributed by atoms with Crippen LogP contribution in [-0.4, -0.2) is 8.42 Å². The summed E-state index contributed by atoms with van der Waals surface area (Å²) in [5, 5.41) is -0.0455. The number of benzene rings is 2. The predicted molar refractivity (Wildman–Crippen MR) is 80.8 cm³/mol. The summed E-state index contributed by atoms with van der Waals surface area (Å²) in [5.74, 6) is -0.572. The molecule has 0 aliphatic rings. The van der Waals surface area contributed by atoms with E-state index in [1.807, 2.05) is 0 Å². The number of nitrogens with one attached hydrogen (secondary N) is 1. The molecule has 0 atom stereocenters. The molecule has 0 fully saturated rings. The van der Waals surface area contributed by atoms with Crippen LogP contribution in [0.3, 0.4) is 0 Å². The molecule has 0 amide bonds. The maximum Gasteiger partial charge on any atom is 0.261 e. The number of nitrogen functional groups attached to an aromatic ring is 1. The van der Waals surface area contributed by atoms with Crippen LogP contribution in [0.2, 0.25) is 5.02 Å². The van der Waals surface area contributed by atoms with Gasteiger partial charge in [-0.05, 0) is 52.3 Å². The number of sulfonamides is 1. The number of rotatable bonds is 3. The highest BCUT2D eigenvalue weighted by Gasteiger charge is 2.18. The van der Waals surface area contributed by atoms with Crippen LogP contribution in [0.25, 0.3) is 0 Å². The Kier molecular flexibility index (Phi) is 4.22. The van der Waals surface area contributed by atoms with Gasteiger partial charge in [0.05, 0.1) is 15.6 Å². The lowest BCUT2D eigenvalue weighted by Crippen LogP contribution is -2.13. The highest BCUT2D eigenvalue weighted by Crippen LogP contribution is 2.33. The first-order chi connectivity index (χ1) is 9.29. The molecule has 0 aliphatic carbocycles. The van der Waals surface area contributed by atoms with Gasteiger partial charge in [0.2, 0.25) is 0 Å². The van der Waals surface area contributed by atoms with Gasteiger partial charge >= 0.3 is 0 Å². The molecule has 4 nitrogen and oxygen atoms in total. The van der Waals surface area contributed by atoms with Crippen LogP contribution in [0, 0.1) is 5.82 Å². The van der Waals surface area contributed by atoms with Gasteiger partial charge in [0.15, 0.2) is 0 Å². The van der Waals surface area contributed by atoms with Crippen molar-refractivity contribution in [1.82, 2.24) is 0 Å². The van der Waals surface area contributed by atoms with E-state index in [0.717, 1.165) is 12.1 Å². The molecule has 0 bridgehead atoms. The quantitative estimate of drug-likeness (QED) is 0.800. The van der Waals surface area contributed by atoms with Crippen LogP contribution in [-0.2, 0) is 10.0 Å². The van der Waals surface area contributed by atoms with Crippen molar-refractivity contribution in [1.29, 1.82) is 0 Å². The molecule has 0 heterocycles. The molecule has 0 aromatic heterocycles. The molecule has 20 heavy (non-hydrogen) atoms. The van der Waals surface area contributed by atoms with Crippen molar-refractivity contribution in [3.8, 4) is 0 Å². The highest BCUT2D eigenvalue weighted by molar-refractivity contribution is 9.10. The molecular weight excluding hydrogens is 371 g/mol. The summed E-state index contributed by atoms with van der Waals surface area (Å²) < 4.78 is 40.0. The van der Waals surface area contributed by atoms with Crippen LogP contribution >= 0.6 is 27.5 Å². The molecule has 0 saturated heterocycles. The maximum atomic E-state index is 13.1. The van der Waals surface area contributed by atoms with Crippen molar-refractivity contribution < 1.29 is 12.8 Å². The zero-order valence-electron chi connectivity index (χ0n) is 9.90. The van der Waals surface area contributed by atoms with Crippen LogP contribution in [0.4, 0.5) is 15.8 Å². The van der Waals surface area contributed by atoms with Gasteiger partial charge in [0.1, 0.15) is 5.82 Å². The minimum absolute atomic E-state index is 0.0268. The fourth-order valence-electron chi connectivity index (χ4n) is 1.48. The lowest BCUT2D eigenvalue weighted by Gasteiger charge is -2.11. The van der Waals surface area contributed by atoms with Crippen molar-refractivity contribution in [2.75, 3.05) is 10.5 Å². The fraction of sp³-hybridized carbons (Fsp3) is 0. The molecule has 0 saturated carbocycles. The minimum atomic E-state index is -3.83. The minimum Gasteiger partial charge on any atom is -0.399 e. The number of halogens is 3. The summed E-state index contributed by atoms with van der Waals surface area (Å²) in [6.07, 6.45) is 0. The Labute approximate surface area is 128 Å². The van der Waals surface area contributed by atoms with E-state index in [-0.39, 0.29) is 20.1 Å². The summed E-state index contributed by atoms with van der Waals surface area (Å²) in [6.45, 7) is 0. The summed E-state index contributed by atoms with van der Waals surface area (Å²) in [5.41, 5.74) is 6.02. The van der Waals surface area contributed by atoms with Gasteiger partial charge in [-0.15, -0.1) is 0 Å². The average Bonchev–Trinajstić information content (AvgIpc) is 2.34. The van der Waals surface area contributed by atoms with Crippen molar-refractivity contribution >= 4 is 48.9 Å². The molecule has 0 aliphatic heterocycles. The molecule has 3 N–H and O–H groups in total. The van der Waals surface area contributed by atoms with Crippen LogP contribution in [0.1, 0.15) is 0 Å². The Morgan fingerprint density at radius 1 is 1.20 bits per heavy atom. The van der Waals surface area contributed by atoms with E-state index in [9.17, 15) is 12.8 Å². The molecule has 0 radical (unpaired) electrons. The van der Waals surface area contributed by atoms with Gasteiger partial charge in [-0.1, -0.05) is 11.6 Å². The first kappa shape index (κ1) is 15.1. The third kappa shape index (κ3) is 3.23. The topological polar surface area (TPSA) is 72.2 Å². The summed E-state index contributed by atoms with van der Waals surface area (Å²) in [7, 11) is -3.83. The normalized spacial score (nSPS) is 11.3. The Morgan fingerprint density at radius 2 is 1.80 bits per heavy atom. The lowest BCUT2D eigenvalue weighted by atomic mass is 10.3. The first-order valence-corrected chi connectivity index (χ1v) is 7.98. The van der Waals surface area contributed by atoms with Crippen molar-refractivity contribution in [2.45, 2.75) is 4.90 Å². The second-order valence-electron chi connectivity index (χ2n) is 3.92. The molecule has 8 heteroatoms. The Hall–Kier alpha value is -1.31. The van der Waals surface area contributed by atoms with Crippen LogP contribution < -0.4 is 10.5 Å². The number of anilines is 2. The third-order valence-corrected chi connectivity index (χ3v) is 4.72. The van der Waals surface area contributed by atoms with Gasteiger partial charge in [0.25, 0.3) is 10.0 Å². The van der Waals surface area contributed by atoms with E-state index in [4.69, 9.17) is 17.3 Å². The van der Waals surface area contributed by atoms with Gasteiger partial charge in [0, 0.05) is 10.2 Å². The highest BCUT2D eigenvalue weighted by atomic mass is 79.9.